The van der Waals surface area contributed by atoms with Crippen LogP contribution in [0.1, 0.15) is 11.3 Å². The molecule has 0 saturated carbocycles. The first-order valence-electron chi connectivity index (χ1n) is 6.17. The summed E-state index contributed by atoms with van der Waals surface area (Å²) in [5, 5.41) is 5.25. The zero-order valence-corrected chi connectivity index (χ0v) is 12.0. The number of hydrogen-bond acceptors (Lipinski definition) is 4. The van der Waals surface area contributed by atoms with Crippen LogP contribution in [0.3, 0.4) is 0 Å². The van der Waals surface area contributed by atoms with Crippen LogP contribution in [0.25, 0.3) is 4.96 Å². The average Bonchev–Trinajstić information content (AvgIpc) is 3.00. The first-order chi connectivity index (χ1) is 9.69. The Hall–Kier alpha value is -2.08. The molecule has 6 heteroatoms. The SMILES string of the molecule is COc1nc2sccn2c1CNc1ccc(F)c(C)c1. The molecule has 0 unspecified atom stereocenters. The first kappa shape index (κ1) is 12.9. The Morgan fingerprint density at radius 2 is 2.30 bits per heavy atom. The maximum atomic E-state index is 13.2. The molecule has 2 aromatic heterocycles. The van der Waals surface area contributed by atoms with Gasteiger partial charge in [-0.1, -0.05) is 0 Å². The fourth-order valence-electron chi connectivity index (χ4n) is 2.08. The molecule has 0 saturated heterocycles. The summed E-state index contributed by atoms with van der Waals surface area (Å²) in [6, 6.07) is 4.97. The molecular formula is C14H14FN3OS. The molecule has 4 nitrogen and oxygen atoms in total. The minimum atomic E-state index is -0.197. The van der Waals surface area contributed by atoms with E-state index in [4.69, 9.17) is 4.74 Å². The van der Waals surface area contributed by atoms with Crippen molar-refractivity contribution in [3.05, 3.63) is 46.9 Å². The maximum Gasteiger partial charge on any atom is 0.238 e. The number of rotatable bonds is 4. The van der Waals surface area contributed by atoms with Crippen LogP contribution in [-0.4, -0.2) is 16.5 Å². The Kier molecular flexibility index (Phi) is 3.31. The number of fused-ring (bicyclic) bond motifs is 1. The Labute approximate surface area is 119 Å². The Morgan fingerprint density at radius 3 is 3.05 bits per heavy atom. The largest absolute Gasteiger partial charge is 0.480 e. The normalized spacial score (nSPS) is 10.9. The van der Waals surface area contributed by atoms with Crippen LogP contribution in [0, 0.1) is 12.7 Å². The Bertz CT molecular complexity index is 750. The van der Waals surface area contributed by atoms with E-state index in [9.17, 15) is 4.39 Å². The van der Waals surface area contributed by atoms with E-state index in [2.05, 4.69) is 10.3 Å². The van der Waals surface area contributed by atoms with Crippen molar-refractivity contribution in [3.8, 4) is 5.88 Å². The molecule has 104 valence electrons. The number of nitrogens with one attached hydrogen (secondary N) is 1. The molecule has 0 spiro atoms. The average molecular weight is 291 g/mol. The van der Waals surface area contributed by atoms with Gasteiger partial charge in [-0.05, 0) is 30.7 Å². The molecule has 0 aliphatic rings. The lowest BCUT2D eigenvalue weighted by Crippen LogP contribution is -2.04. The molecule has 0 aliphatic carbocycles. The third-order valence-electron chi connectivity index (χ3n) is 3.14. The van der Waals surface area contributed by atoms with E-state index in [-0.39, 0.29) is 5.82 Å². The quantitative estimate of drug-likeness (QED) is 0.800. The number of aromatic nitrogens is 2. The van der Waals surface area contributed by atoms with Gasteiger partial charge < -0.3 is 10.1 Å². The van der Waals surface area contributed by atoms with Crippen molar-refractivity contribution in [2.24, 2.45) is 0 Å². The van der Waals surface area contributed by atoms with E-state index in [1.165, 1.54) is 6.07 Å². The number of hydrogen-bond donors (Lipinski definition) is 1. The predicted molar refractivity (Wildman–Crippen MR) is 78.1 cm³/mol. The molecule has 1 aromatic carbocycles. The van der Waals surface area contributed by atoms with Crippen molar-refractivity contribution in [1.29, 1.82) is 0 Å². The van der Waals surface area contributed by atoms with E-state index in [1.54, 1.807) is 37.5 Å². The van der Waals surface area contributed by atoms with E-state index >= 15 is 0 Å². The zero-order valence-electron chi connectivity index (χ0n) is 11.2. The third-order valence-corrected chi connectivity index (χ3v) is 3.89. The van der Waals surface area contributed by atoms with Crippen LogP contribution in [0.2, 0.25) is 0 Å². The standard InChI is InChI=1S/C14H14FN3OS/c1-9-7-10(3-4-11(9)15)16-8-12-13(19-2)17-14-18(12)5-6-20-14/h3-7,16H,8H2,1-2H3. The van der Waals surface area contributed by atoms with Crippen LogP contribution in [0.4, 0.5) is 10.1 Å². The van der Waals surface area contributed by atoms with Crippen LogP contribution in [0.15, 0.2) is 29.8 Å². The lowest BCUT2D eigenvalue weighted by Gasteiger charge is -2.08. The van der Waals surface area contributed by atoms with Crippen molar-refractivity contribution >= 4 is 22.0 Å². The lowest BCUT2D eigenvalue weighted by molar-refractivity contribution is 0.395. The molecule has 3 rings (SSSR count). The summed E-state index contributed by atoms with van der Waals surface area (Å²) in [6.07, 6.45) is 1.96. The summed E-state index contributed by atoms with van der Waals surface area (Å²) in [4.78, 5) is 5.29. The smallest absolute Gasteiger partial charge is 0.238 e. The molecule has 0 radical (unpaired) electrons. The number of halogens is 1. The van der Waals surface area contributed by atoms with Crippen LogP contribution < -0.4 is 10.1 Å². The molecule has 0 fully saturated rings. The van der Waals surface area contributed by atoms with E-state index in [0.29, 0.717) is 18.0 Å². The van der Waals surface area contributed by atoms with Crippen molar-refractivity contribution in [2.75, 3.05) is 12.4 Å². The molecule has 1 N–H and O–H groups in total. The minimum Gasteiger partial charge on any atom is -0.480 e. The monoisotopic (exact) mass is 291 g/mol. The number of benzene rings is 1. The number of nitrogens with zero attached hydrogens (tertiary/aromatic N) is 2. The molecule has 3 aromatic rings. The molecular weight excluding hydrogens is 277 g/mol. The highest BCUT2D eigenvalue weighted by atomic mass is 32.1. The molecule has 2 heterocycles. The van der Waals surface area contributed by atoms with E-state index in [1.807, 2.05) is 16.0 Å². The molecule has 0 aliphatic heterocycles. The van der Waals surface area contributed by atoms with Crippen molar-refractivity contribution in [1.82, 2.24) is 9.38 Å². The summed E-state index contributed by atoms with van der Waals surface area (Å²) in [6.45, 7) is 2.31. The van der Waals surface area contributed by atoms with Gasteiger partial charge in [-0.15, -0.1) is 11.3 Å². The number of aryl methyl sites for hydroxylation is 1. The summed E-state index contributed by atoms with van der Waals surface area (Å²) in [5.41, 5.74) is 2.44. The van der Waals surface area contributed by atoms with Gasteiger partial charge in [0.2, 0.25) is 5.88 Å². The van der Waals surface area contributed by atoms with Crippen molar-refractivity contribution in [2.45, 2.75) is 13.5 Å². The second-order valence-electron chi connectivity index (χ2n) is 4.44. The van der Waals surface area contributed by atoms with Gasteiger partial charge in [0.1, 0.15) is 11.5 Å². The number of anilines is 1. The van der Waals surface area contributed by atoms with Crippen LogP contribution in [-0.2, 0) is 6.54 Å². The van der Waals surface area contributed by atoms with E-state index in [0.717, 1.165) is 16.3 Å². The zero-order chi connectivity index (χ0) is 14.1. The number of ether oxygens (including phenoxy) is 1. The van der Waals surface area contributed by atoms with Gasteiger partial charge in [-0.3, -0.25) is 4.40 Å². The van der Waals surface area contributed by atoms with Crippen LogP contribution >= 0.6 is 11.3 Å². The Morgan fingerprint density at radius 1 is 1.45 bits per heavy atom. The van der Waals surface area contributed by atoms with Gasteiger partial charge in [-0.25, -0.2) is 4.39 Å². The van der Waals surface area contributed by atoms with Crippen molar-refractivity contribution in [3.63, 3.8) is 0 Å². The number of imidazole rings is 1. The molecule has 0 bridgehead atoms. The maximum absolute atomic E-state index is 13.2. The summed E-state index contributed by atoms with van der Waals surface area (Å²) < 4.78 is 20.5. The highest BCUT2D eigenvalue weighted by molar-refractivity contribution is 7.15. The topological polar surface area (TPSA) is 38.6 Å². The highest BCUT2D eigenvalue weighted by Gasteiger charge is 2.13. The summed E-state index contributed by atoms with van der Waals surface area (Å²) in [7, 11) is 1.61. The van der Waals surface area contributed by atoms with Gasteiger partial charge in [0.15, 0.2) is 4.96 Å². The lowest BCUT2D eigenvalue weighted by atomic mass is 10.2. The minimum absolute atomic E-state index is 0.197. The molecule has 0 atom stereocenters. The van der Waals surface area contributed by atoms with Gasteiger partial charge in [-0.2, -0.15) is 4.98 Å². The third kappa shape index (κ3) is 2.22. The molecule has 20 heavy (non-hydrogen) atoms. The van der Waals surface area contributed by atoms with Gasteiger partial charge in [0.25, 0.3) is 0 Å². The fraction of sp³-hybridized carbons (Fsp3) is 0.214. The molecule has 0 amide bonds. The Balaban J connectivity index is 1.85. The number of methoxy groups -OCH3 is 1. The van der Waals surface area contributed by atoms with Gasteiger partial charge in [0.05, 0.1) is 13.7 Å². The van der Waals surface area contributed by atoms with Gasteiger partial charge in [0, 0.05) is 17.3 Å². The first-order valence-corrected chi connectivity index (χ1v) is 7.05. The van der Waals surface area contributed by atoms with E-state index < -0.39 is 0 Å². The summed E-state index contributed by atoms with van der Waals surface area (Å²) in [5.74, 6) is 0.417. The van der Waals surface area contributed by atoms with Gasteiger partial charge >= 0.3 is 0 Å². The second kappa shape index (κ2) is 5.13. The summed E-state index contributed by atoms with van der Waals surface area (Å²) >= 11 is 1.56. The highest BCUT2D eigenvalue weighted by Crippen LogP contribution is 2.24. The van der Waals surface area contributed by atoms with Crippen LogP contribution in [0.5, 0.6) is 5.88 Å². The number of thiazole rings is 1. The second-order valence-corrected chi connectivity index (χ2v) is 5.31. The predicted octanol–water partition coefficient (Wildman–Crippen LogP) is 3.46. The fourth-order valence-corrected chi connectivity index (χ4v) is 2.80. The van der Waals surface area contributed by atoms with Crippen molar-refractivity contribution < 1.29 is 9.13 Å².